The van der Waals surface area contributed by atoms with Crippen LogP contribution in [-0.4, -0.2) is 87.5 Å². The first kappa shape index (κ1) is 79.9. The van der Waals surface area contributed by atoms with Crippen molar-refractivity contribution in [2.45, 2.75) is 352 Å². The van der Waals surface area contributed by atoms with Crippen molar-refractivity contribution in [1.82, 2.24) is 5.32 Å². The van der Waals surface area contributed by atoms with Crippen molar-refractivity contribution in [1.29, 1.82) is 0 Å². The number of ether oxygens (including phenoxy) is 2. The first-order valence-corrected chi connectivity index (χ1v) is 35.6. The van der Waals surface area contributed by atoms with Gasteiger partial charge in [0.1, 0.15) is 24.4 Å². The molecule has 6 N–H and O–H groups in total. The normalized spacial score (nSPS) is 18.8. The third-order valence-corrected chi connectivity index (χ3v) is 16.4. The molecule has 7 atom stereocenters. The molecule has 0 spiro atoms. The van der Waals surface area contributed by atoms with Crippen molar-refractivity contribution in [2.24, 2.45) is 0 Å². The molecule has 1 heterocycles. The van der Waals surface area contributed by atoms with Crippen LogP contribution in [0, 0.1) is 0 Å². The van der Waals surface area contributed by atoms with Crippen LogP contribution in [0.1, 0.15) is 309 Å². The lowest BCUT2D eigenvalue weighted by Gasteiger charge is -2.40. The van der Waals surface area contributed by atoms with Gasteiger partial charge in [-0.05, 0) is 83.5 Å². The molecule has 0 bridgehead atoms. The Bertz CT molecular complexity index is 1710. The Morgan fingerprint density at radius 3 is 1.08 bits per heavy atom. The molecule has 1 amide bonds. The predicted molar refractivity (Wildman–Crippen MR) is 364 cm³/mol. The molecule has 0 aromatic rings. The molecule has 0 aromatic carbocycles. The zero-order valence-electron chi connectivity index (χ0n) is 54.8. The monoisotopic (exact) mass is 1190 g/mol. The molecule has 1 rings (SSSR count). The van der Waals surface area contributed by atoms with Crippen LogP contribution in [0.4, 0.5) is 0 Å². The van der Waals surface area contributed by atoms with Gasteiger partial charge in [-0.25, -0.2) is 0 Å². The topological polar surface area (TPSA) is 149 Å². The SMILES string of the molecule is CC/C=C\C/C=C\C/C=C\C/C=C\C/C=C\C/C=C\C/C=C\C/C=C\CCCCCCCCCCCCC(=O)NC(COC1OC(CO)C(O)C(O)C1O)C(O)/C=C/CCCCCCCCCCCCCCCCCCCCCCCCCCC. The van der Waals surface area contributed by atoms with E-state index in [1.165, 1.54) is 186 Å². The number of unbranched alkanes of at least 4 members (excludes halogenated alkanes) is 35. The van der Waals surface area contributed by atoms with Crippen LogP contribution in [0.25, 0.3) is 0 Å². The summed E-state index contributed by atoms with van der Waals surface area (Å²) in [5.74, 6) is -0.182. The molecule has 1 aliphatic heterocycles. The summed E-state index contributed by atoms with van der Waals surface area (Å²) in [6.07, 6.45) is 87.5. The summed E-state index contributed by atoms with van der Waals surface area (Å²) in [6.45, 7) is 3.69. The fourth-order valence-corrected chi connectivity index (χ4v) is 10.8. The van der Waals surface area contributed by atoms with E-state index in [1.807, 2.05) is 6.08 Å². The van der Waals surface area contributed by atoms with Crippen LogP contribution in [0.3, 0.4) is 0 Å². The lowest BCUT2D eigenvalue weighted by atomic mass is 9.99. The lowest BCUT2D eigenvalue weighted by molar-refractivity contribution is -0.302. The number of carbonyl (C=O) groups excluding carboxylic acids is 1. The summed E-state index contributed by atoms with van der Waals surface area (Å²) < 4.78 is 11.3. The van der Waals surface area contributed by atoms with E-state index >= 15 is 0 Å². The Morgan fingerprint density at radius 1 is 0.412 bits per heavy atom. The number of hydrogen-bond acceptors (Lipinski definition) is 8. The molecule has 85 heavy (non-hydrogen) atoms. The van der Waals surface area contributed by atoms with Gasteiger partial charge in [-0.3, -0.25) is 4.79 Å². The molecule has 0 saturated carbocycles. The van der Waals surface area contributed by atoms with Gasteiger partial charge in [0.15, 0.2) is 6.29 Å². The molecule has 490 valence electrons. The van der Waals surface area contributed by atoms with E-state index in [0.29, 0.717) is 6.42 Å². The average molecular weight is 1190 g/mol. The van der Waals surface area contributed by atoms with Crippen molar-refractivity contribution in [3.05, 3.63) is 109 Å². The number of carbonyl (C=O) groups is 1. The van der Waals surface area contributed by atoms with E-state index in [4.69, 9.17) is 9.47 Å². The first-order chi connectivity index (χ1) is 41.8. The maximum absolute atomic E-state index is 13.1. The van der Waals surface area contributed by atoms with Gasteiger partial charge in [0, 0.05) is 6.42 Å². The summed E-state index contributed by atoms with van der Waals surface area (Å²) in [6, 6.07) is -0.816. The van der Waals surface area contributed by atoms with Gasteiger partial charge in [0.05, 0.1) is 25.4 Å². The van der Waals surface area contributed by atoms with Gasteiger partial charge in [0.25, 0.3) is 0 Å². The second-order valence-electron chi connectivity index (χ2n) is 24.3. The van der Waals surface area contributed by atoms with Gasteiger partial charge in [-0.2, -0.15) is 0 Å². The fourth-order valence-electron chi connectivity index (χ4n) is 10.8. The Morgan fingerprint density at radius 2 is 0.729 bits per heavy atom. The lowest BCUT2D eigenvalue weighted by Crippen LogP contribution is -2.60. The van der Waals surface area contributed by atoms with E-state index in [9.17, 15) is 30.3 Å². The zero-order valence-corrected chi connectivity index (χ0v) is 54.8. The molecule has 0 aromatic heterocycles. The summed E-state index contributed by atoms with van der Waals surface area (Å²) >= 11 is 0. The second kappa shape index (κ2) is 63.9. The van der Waals surface area contributed by atoms with Gasteiger partial charge >= 0.3 is 0 Å². The predicted octanol–water partition coefficient (Wildman–Crippen LogP) is 19.6. The number of rotatable bonds is 61. The number of aliphatic hydroxyl groups excluding tert-OH is 5. The van der Waals surface area contributed by atoms with Crippen molar-refractivity contribution in [3.63, 3.8) is 0 Å². The fraction of sp³-hybridized carbons (Fsp3) is 0.750. The third kappa shape index (κ3) is 52.5. The molecule has 9 heteroatoms. The van der Waals surface area contributed by atoms with Crippen LogP contribution >= 0.6 is 0 Å². The van der Waals surface area contributed by atoms with E-state index in [2.05, 4.69) is 116 Å². The Labute approximate surface area is 523 Å². The van der Waals surface area contributed by atoms with Gasteiger partial charge in [0.2, 0.25) is 5.91 Å². The highest BCUT2D eigenvalue weighted by atomic mass is 16.7. The van der Waals surface area contributed by atoms with Crippen LogP contribution in [0.5, 0.6) is 0 Å². The quantitative estimate of drug-likeness (QED) is 0.0261. The number of aliphatic hydroxyl groups is 5. The number of allylic oxidation sites excluding steroid dienone is 17. The Balaban J connectivity index is 2.16. The first-order valence-electron chi connectivity index (χ1n) is 35.6. The number of hydrogen-bond donors (Lipinski definition) is 6. The van der Waals surface area contributed by atoms with Crippen LogP contribution in [-0.2, 0) is 14.3 Å². The Kier molecular flexibility index (Phi) is 60.0. The summed E-state index contributed by atoms with van der Waals surface area (Å²) in [4.78, 5) is 13.1. The maximum Gasteiger partial charge on any atom is 0.220 e. The van der Waals surface area contributed by atoms with Crippen molar-refractivity contribution < 1.29 is 39.8 Å². The molecule has 0 radical (unpaired) electrons. The highest BCUT2D eigenvalue weighted by Crippen LogP contribution is 2.23. The van der Waals surface area contributed by atoms with Crippen LogP contribution < -0.4 is 5.32 Å². The third-order valence-electron chi connectivity index (χ3n) is 16.4. The Hall–Kier alpha value is -3.15. The standard InChI is InChI=1S/C76H133NO8/c1-3-5-7-9-11-13-15-17-19-21-23-25-27-29-31-32-33-34-35-36-37-38-40-42-44-46-48-50-52-54-56-58-60-62-64-66-72(80)77-69(68-84-76-75(83)74(82)73(81)71(67-78)85-76)70(79)65-63-61-59-57-55-53-51-49-47-45-43-41-39-30-28-26-24-22-20-18-16-14-12-10-8-6-4-2/h5,7,11,13,17,19,23,25,29,31,33-34,36-37,40,42,63,65,69-71,73-76,78-79,81-83H,3-4,6,8-10,12,14-16,18,20-22,24,26-28,30,32,35,38-39,41,43-62,64,66-68H2,1-2H3,(H,77,80)/b7-5-,13-11-,19-17-,25-23-,31-29-,34-33-,37-36-,42-40-,65-63+. The number of nitrogens with one attached hydrogen (secondary N) is 1. The smallest absolute Gasteiger partial charge is 0.220 e. The zero-order chi connectivity index (χ0) is 61.4. The maximum atomic E-state index is 13.1. The number of amides is 1. The van der Waals surface area contributed by atoms with Gasteiger partial charge in [-0.15, -0.1) is 0 Å². The molecule has 7 unspecified atom stereocenters. The van der Waals surface area contributed by atoms with Crippen LogP contribution in [0.2, 0.25) is 0 Å². The van der Waals surface area contributed by atoms with Gasteiger partial charge < -0.3 is 40.3 Å². The van der Waals surface area contributed by atoms with E-state index < -0.39 is 49.5 Å². The molecular formula is C76H133NO8. The minimum Gasteiger partial charge on any atom is -0.394 e. The van der Waals surface area contributed by atoms with E-state index in [0.717, 1.165) is 103 Å². The molecule has 1 fully saturated rings. The van der Waals surface area contributed by atoms with Crippen molar-refractivity contribution >= 4 is 5.91 Å². The highest BCUT2D eigenvalue weighted by Gasteiger charge is 2.44. The van der Waals surface area contributed by atoms with Gasteiger partial charge in [-0.1, -0.05) is 329 Å². The summed E-state index contributed by atoms with van der Waals surface area (Å²) in [5, 5.41) is 54.8. The molecule has 0 aliphatic carbocycles. The minimum absolute atomic E-state index is 0.182. The van der Waals surface area contributed by atoms with E-state index in [-0.39, 0.29) is 12.5 Å². The minimum atomic E-state index is -1.57. The second-order valence-corrected chi connectivity index (χ2v) is 24.3. The highest BCUT2D eigenvalue weighted by molar-refractivity contribution is 5.76. The van der Waals surface area contributed by atoms with Crippen LogP contribution in [0.15, 0.2) is 109 Å². The summed E-state index contributed by atoms with van der Waals surface area (Å²) in [5.41, 5.74) is 0. The molecule has 1 saturated heterocycles. The largest absolute Gasteiger partial charge is 0.394 e. The van der Waals surface area contributed by atoms with E-state index in [1.54, 1.807) is 6.08 Å². The average Bonchev–Trinajstić information content (AvgIpc) is 3.71. The van der Waals surface area contributed by atoms with Crippen molar-refractivity contribution in [2.75, 3.05) is 13.2 Å². The molecule has 9 nitrogen and oxygen atoms in total. The van der Waals surface area contributed by atoms with Crippen molar-refractivity contribution in [3.8, 4) is 0 Å². The summed E-state index contributed by atoms with van der Waals surface area (Å²) in [7, 11) is 0. The molecule has 1 aliphatic rings. The molecular weight excluding hydrogens is 1050 g/mol.